The maximum absolute atomic E-state index is 12.8. The van der Waals surface area contributed by atoms with Crippen LogP contribution in [-0.4, -0.2) is 15.7 Å². The minimum atomic E-state index is -0.290. The molecule has 168 valence electrons. The number of aromatic nitrogens is 2. The molecular formula is C26H23Cl2N3O2. The minimum Gasteiger partial charge on any atom is -0.489 e. The van der Waals surface area contributed by atoms with Gasteiger partial charge in [0.1, 0.15) is 17.4 Å². The summed E-state index contributed by atoms with van der Waals surface area (Å²) in [6.07, 6.45) is 1.68. The second-order valence-corrected chi connectivity index (χ2v) is 8.71. The maximum atomic E-state index is 12.8. The van der Waals surface area contributed by atoms with E-state index in [4.69, 9.17) is 27.9 Å². The Hall–Kier alpha value is -3.28. The molecule has 1 heterocycles. The first-order chi connectivity index (χ1) is 15.9. The molecule has 0 aliphatic rings. The third-order valence-corrected chi connectivity index (χ3v) is 5.65. The second kappa shape index (κ2) is 10.1. The van der Waals surface area contributed by atoms with Gasteiger partial charge in [-0.2, -0.15) is 5.10 Å². The van der Waals surface area contributed by atoms with Gasteiger partial charge in [-0.05, 0) is 60.9 Å². The average molecular weight is 480 g/mol. The Morgan fingerprint density at radius 3 is 2.55 bits per heavy atom. The van der Waals surface area contributed by atoms with Crippen molar-refractivity contribution in [1.82, 2.24) is 9.78 Å². The Balaban J connectivity index is 1.41. The van der Waals surface area contributed by atoms with E-state index < -0.39 is 0 Å². The van der Waals surface area contributed by atoms with Crippen molar-refractivity contribution in [2.75, 3.05) is 5.32 Å². The number of nitrogens with one attached hydrogen (secondary N) is 1. The highest BCUT2D eigenvalue weighted by Gasteiger charge is 2.13. The molecule has 0 unspecified atom stereocenters. The fourth-order valence-corrected chi connectivity index (χ4v) is 3.77. The molecular weight excluding hydrogens is 457 g/mol. The smallest absolute Gasteiger partial charge is 0.256 e. The molecule has 33 heavy (non-hydrogen) atoms. The van der Waals surface area contributed by atoms with Gasteiger partial charge in [0.2, 0.25) is 0 Å². The van der Waals surface area contributed by atoms with Crippen molar-refractivity contribution in [3.8, 4) is 5.75 Å². The van der Waals surface area contributed by atoms with E-state index in [-0.39, 0.29) is 5.91 Å². The predicted octanol–water partition coefficient (Wildman–Crippen LogP) is 6.69. The summed E-state index contributed by atoms with van der Waals surface area (Å²) in [5, 5.41) is 8.24. The molecule has 1 aromatic heterocycles. The van der Waals surface area contributed by atoms with Crippen LogP contribution in [0.3, 0.4) is 0 Å². The minimum absolute atomic E-state index is 0.290. The zero-order chi connectivity index (χ0) is 23.4. The SMILES string of the molecule is Cc1ccc(OCc2cccc(C(=O)Nc3nn(Cc4ccc(Cl)cc4)cc3Cl)c2)c(C)c1. The van der Waals surface area contributed by atoms with Gasteiger partial charge in [-0.3, -0.25) is 9.48 Å². The van der Waals surface area contributed by atoms with Gasteiger partial charge in [0.05, 0.1) is 6.54 Å². The maximum Gasteiger partial charge on any atom is 0.256 e. The molecule has 4 rings (SSSR count). The Labute approximate surface area is 202 Å². The lowest BCUT2D eigenvalue weighted by atomic mass is 10.1. The van der Waals surface area contributed by atoms with Crippen molar-refractivity contribution in [1.29, 1.82) is 0 Å². The van der Waals surface area contributed by atoms with Crippen molar-refractivity contribution >= 4 is 34.9 Å². The van der Waals surface area contributed by atoms with E-state index in [0.717, 1.165) is 22.4 Å². The van der Waals surface area contributed by atoms with Gasteiger partial charge in [0.25, 0.3) is 5.91 Å². The molecule has 0 aliphatic carbocycles. The molecule has 0 spiro atoms. The fourth-order valence-electron chi connectivity index (χ4n) is 3.44. The molecule has 0 atom stereocenters. The topological polar surface area (TPSA) is 56.1 Å². The van der Waals surface area contributed by atoms with Crippen LogP contribution >= 0.6 is 23.2 Å². The molecule has 1 amide bonds. The summed E-state index contributed by atoms with van der Waals surface area (Å²) in [6.45, 7) is 4.94. The number of rotatable bonds is 7. The number of carbonyl (C=O) groups is 1. The molecule has 0 saturated heterocycles. The van der Waals surface area contributed by atoms with Gasteiger partial charge in [-0.25, -0.2) is 0 Å². The van der Waals surface area contributed by atoms with Crippen LogP contribution in [0, 0.1) is 13.8 Å². The fraction of sp³-hybridized carbons (Fsp3) is 0.154. The van der Waals surface area contributed by atoms with Crippen LogP contribution in [-0.2, 0) is 13.2 Å². The predicted molar refractivity (Wildman–Crippen MR) is 132 cm³/mol. The molecule has 0 fully saturated rings. The third kappa shape index (κ3) is 5.95. The Bertz CT molecular complexity index is 1280. The summed E-state index contributed by atoms with van der Waals surface area (Å²) >= 11 is 12.2. The van der Waals surface area contributed by atoms with Gasteiger partial charge in [0.15, 0.2) is 5.82 Å². The van der Waals surface area contributed by atoms with E-state index in [1.807, 2.05) is 62.4 Å². The van der Waals surface area contributed by atoms with Gasteiger partial charge in [-0.1, -0.05) is 65.2 Å². The van der Waals surface area contributed by atoms with Crippen LogP contribution in [0.1, 0.15) is 32.6 Å². The van der Waals surface area contributed by atoms with Crippen LogP contribution < -0.4 is 10.1 Å². The molecule has 0 aliphatic heterocycles. The van der Waals surface area contributed by atoms with Crippen LogP contribution in [0.4, 0.5) is 5.82 Å². The number of anilines is 1. The van der Waals surface area contributed by atoms with E-state index in [1.165, 1.54) is 5.56 Å². The number of benzene rings is 3. The zero-order valence-electron chi connectivity index (χ0n) is 18.3. The number of aryl methyl sites for hydroxylation is 2. The van der Waals surface area contributed by atoms with Gasteiger partial charge in [0, 0.05) is 16.8 Å². The number of halogens is 2. The summed E-state index contributed by atoms with van der Waals surface area (Å²) in [7, 11) is 0. The Morgan fingerprint density at radius 1 is 1.00 bits per heavy atom. The molecule has 5 nitrogen and oxygen atoms in total. The van der Waals surface area contributed by atoms with E-state index in [9.17, 15) is 4.79 Å². The number of carbonyl (C=O) groups excluding carboxylic acids is 1. The first-order valence-corrected chi connectivity index (χ1v) is 11.2. The van der Waals surface area contributed by atoms with Crippen molar-refractivity contribution in [3.63, 3.8) is 0 Å². The molecule has 3 aromatic carbocycles. The molecule has 4 aromatic rings. The van der Waals surface area contributed by atoms with E-state index in [0.29, 0.717) is 34.6 Å². The van der Waals surface area contributed by atoms with Crippen molar-refractivity contribution < 1.29 is 9.53 Å². The number of hydrogen-bond acceptors (Lipinski definition) is 3. The lowest BCUT2D eigenvalue weighted by Gasteiger charge is -2.11. The quantitative estimate of drug-likeness (QED) is 0.321. The summed E-state index contributed by atoms with van der Waals surface area (Å²) in [6, 6.07) is 20.8. The lowest BCUT2D eigenvalue weighted by molar-refractivity contribution is 0.102. The number of ether oxygens (including phenoxy) is 1. The third-order valence-electron chi connectivity index (χ3n) is 5.12. The number of hydrogen-bond donors (Lipinski definition) is 1. The van der Waals surface area contributed by atoms with Crippen molar-refractivity contribution in [3.05, 3.63) is 111 Å². The molecule has 7 heteroatoms. The van der Waals surface area contributed by atoms with Crippen LogP contribution in [0.15, 0.2) is 72.9 Å². The first-order valence-electron chi connectivity index (χ1n) is 10.4. The zero-order valence-corrected chi connectivity index (χ0v) is 19.8. The highest BCUT2D eigenvalue weighted by molar-refractivity contribution is 6.33. The Kier molecular flexibility index (Phi) is 7.02. The Morgan fingerprint density at radius 2 is 1.79 bits per heavy atom. The van der Waals surface area contributed by atoms with Crippen LogP contribution in [0.25, 0.3) is 0 Å². The van der Waals surface area contributed by atoms with Crippen LogP contribution in [0.2, 0.25) is 10.0 Å². The molecule has 1 N–H and O–H groups in total. The van der Waals surface area contributed by atoms with E-state index >= 15 is 0 Å². The number of amides is 1. The first kappa shape index (κ1) is 22.9. The van der Waals surface area contributed by atoms with Crippen molar-refractivity contribution in [2.24, 2.45) is 0 Å². The summed E-state index contributed by atoms with van der Waals surface area (Å²) in [5.74, 6) is 0.850. The normalized spacial score (nSPS) is 10.8. The summed E-state index contributed by atoms with van der Waals surface area (Å²) < 4.78 is 7.62. The largest absolute Gasteiger partial charge is 0.489 e. The monoisotopic (exact) mass is 479 g/mol. The molecule has 0 bridgehead atoms. The summed E-state index contributed by atoms with van der Waals surface area (Å²) in [5.41, 5.74) is 4.68. The van der Waals surface area contributed by atoms with Gasteiger partial charge < -0.3 is 10.1 Å². The van der Waals surface area contributed by atoms with Crippen LogP contribution in [0.5, 0.6) is 5.75 Å². The average Bonchev–Trinajstić information content (AvgIpc) is 3.13. The van der Waals surface area contributed by atoms with Crippen molar-refractivity contribution in [2.45, 2.75) is 27.0 Å². The van der Waals surface area contributed by atoms with Gasteiger partial charge >= 0.3 is 0 Å². The highest BCUT2D eigenvalue weighted by Crippen LogP contribution is 2.23. The summed E-state index contributed by atoms with van der Waals surface area (Å²) in [4.78, 5) is 12.8. The lowest BCUT2D eigenvalue weighted by Crippen LogP contribution is -2.13. The standard InChI is InChI=1S/C26H23Cl2N3O2/c1-17-6-11-24(18(2)12-17)33-16-20-4-3-5-21(13-20)26(32)29-25-23(28)15-31(30-25)14-19-7-9-22(27)10-8-19/h3-13,15H,14,16H2,1-2H3,(H,29,30,32). The van der Waals surface area contributed by atoms with Gasteiger partial charge in [-0.15, -0.1) is 0 Å². The van der Waals surface area contributed by atoms with E-state index in [2.05, 4.69) is 16.5 Å². The van der Waals surface area contributed by atoms with E-state index in [1.54, 1.807) is 23.0 Å². The highest BCUT2D eigenvalue weighted by atomic mass is 35.5. The second-order valence-electron chi connectivity index (χ2n) is 7.86. The molecule has 0 radical (unpaired) electrons. The molecule has 0 saturated carbocycles. The number of nitrogens with zero attached hydrogens (tertiary/aromatic N) is 2.